The zero-order valence-corrected chi connectivity index (χ0v) is 16.7. The largest absolute Gasteiger partial charge is 0.369 e. The van der Waals surface area contributed by atoms with Crippen molar-refractivity contribution in [1.29, 1.82) is 0 Å². The van der Waals surface area contributed by atoms with Crippen LogP contribution in [-0.4, -0.2) is 17.9 Å². The molecule has 2 atom stereocenters. The van der Waals surface area contributed by atoms with Gasteiger partial charge in [-0.2, -0.15) is 0 Å². The molecule has 27 heavy (non-hydrogen) atoms. The van der Waals surface area contributed by atoms with Gasteiger partial charge in [-0.3, -0.25) is 9.59 Å². The van der Waals surface area contributed by atoms with Crippen LogP contribution in [0.15, 0.2) is 18.2 Å². The van der Waals surface area contributed by atoms with E-state index < -0.39 is 5.41 Å². The molecule has 5 aliphatic carbocycles. The molecule has 2 amide bonds. The van der Waals surface area contributed by atoms with E-state index in [0.717, 1.165) is 50.5 Å². The number of hydrogen-bond acceptors (Lipinski definition) is 2. The van der Waals surface area contributed by atoms with Crippen LogP contribution >= 0.6 is 23.2 Å². The smallest absolute Gasteiger partial charge is 0.230 e. The fourth-order valence-electron chi connectivity index (χ4n) is 6.47. The minimum Gasteiger partial charge on any atom is -0.369 e. The van der Waals surface area contributed by atoms with Crippen molar-refractivity contribution >= 4 is 35.0 Å². The summed E-state index contributed by atoms with van der Waals surface area (Å²) in [6.07, 6.45) is 6.44. The zero-order chi connectivity index (χ0) is 19.0. The van der Waals surface area contributed by atoms with Gasteiger partial charge >= 0.3 is 0 Å². The lowest BCUT2D eigenvalue weighted by atomic mass is 9.47. The van der Waals surface area contributed by atoms with Gasteiger partial charge in [-0.15, -0.1) is 0 Å². The molecule has 3 N–H and O–H groups in total. The van der Waals surface area contributed by atoms with E-state index >= 15 is 0 Å². The third-order valence-corrected chi connectivity index (χ3v) is 8.27. The molecule has 4 nitrogen and oxygen atoms in total. The molecule has 5 saturated carbocycles. The zero-order valence-electron chi connectivity index (χ0n) is 15.1. The Morgan fingerprint density at radius 2 is 1.74 bits per heavy atom. The predicted octanol–water partition coefficient (Wildman–Crippen LogP) is 3.82. The summed E-state index contributed by atoms with van der Waals surface area (Å²) in [5, 5.41) is 4.52. The highest BCUT2D eigenvalue weighted by Crippen LogP contribution is 2.60. The molecule has 1 aromatic carbocycles. The summed E-state index contributed by atoms with van der Waals surface area (Å²) in [5.41, 5.74) is 5.81. The van der Waals surface area contributed by atoms with E-state index in [2.05, 4.69) is 5.32 Å². The molecule has 0 aromatic heterocycles. The molecule has 2 unspecified atom stereocenters. The Labute approximate surface area is 169 Å². The van der Waals surface area contributed by atoms with Crippen molar-refractivity contribution in [2.75, 3.05) is 0 Å². The van der Waals surface area contributed by atoms with Gasteiger partial charge in [0.25, 0.3) is 0 Å². The molecule has 5 aliphatic rings. The Hall–Kier alpha value is -1.26. The monoisotopic (exact) mass is 406 g/mol. The lowest BCUT2D eigenvalue weighted by Crippen LogP contribution is -2.62. The fourth-order valence-corrected chi connectivity index (χ4v) is 7.06. The van der Waals surface area contributed by atoms with Gasteiger partial charge in [-0.25, -0.2) is 0 Å². The van der Waals surface area contributed by atoms with Crippen LogP contribution in [-0.2, 0) is 15.0 Å². The van der Waals surface area contributed by atoms with Crippen molar-refractivity contribution in [2.45, 2.75) is 56.4 Å². The molecule has 0 radical (unpaired) electrons. The number of nitrogens with two attached hydrogens (primary N) is 1. The van der Waals surface area contributed by atoms with Crippen molar-refractivity contribution in [3.8, 4) is 0 Å². The summed E-state index contributed by atoms with van der Waals surface area (Å²) in [7, 11) is 0. The van der Waals surface area contributed by atoms with Crippen LogP contribution in [0.25, 0.3) is 0 Å². The van der Waals surface area contributed by atoms with Gasteiger partial charge in [0.1, 0.15) is 0 Å². The van der Waals surface area contributed by atoms with Crippen LogP contribution in [0, 0.1) is 23.2 Å². The number of nitrogens with one attached hydrogen (secondary N) is 1. The van der Waals surface area contributed by atoms with Crippen LogP contribution in [0.3, 0.4) is 0 Å². The summed E-state index contributed by atoms with van der Waals surface area (Å²) in [4.78, 5) is 25.4. The van der Waals surface area contributed by atoms with E-state index in [0.29, 0.717) is 27.8 Å². The maximum absolute atomic E-state index is 13.3. The molecule has 6 heteroatoms. The molecule has 5 fully saturated rings. The van der Waals surface area contributed by atoms with Crippen molar-refractivity contribution in [1.82, 2.24) is 5.32 Å². The molecular weight excluding hydrogens is 383 g/mol. The van der Waals surface area contributed by atoms with E-state index in [-0.39, 0.29) is 23.3 Å². The SMILES string of the molecule is NC(=O)C12CC3CC(C1)C(NC(=O)C1(c4ccc(Cl)cc4Cl)CC1)C(C3)C2. The average molecular weight is 407 g/mol. The Morgan fingerprint density at radius 1 is 1.07 bits per heavy atom. The van der Waals surface area contributed by atoms with Gasteiger partial charge in [0.05, 0.1) is 5.41 Å². The normalized spacial score (nSPS) is 37.9. The molecule has 1 aromatic rings. The third-order valence-electron chi connectivity index (χ3n) is 7.72. The topological polar surface area (TPSA) is 72.2 Å². The van der Waals surface area contributed by atoms with Gasteiger partial charge in [0, 0.05) is 21.5 Å². The summed E-state index contributed by atoms with van der Waals surface area (Å²) in [6, 6.07) is 5.56. The van der Waals surface area contributed by atoms with Gasteiger partial charge in [0.2, 0.25) is 11.8 Å². The van der Waals surface area contributed by atoms with Gasteiger partial charge in [-0.05, 0) is 80.4 Å². The number of halogens is 2. The summed E-state index contributed by atoms with van der Waals surface area (Å²) < 4.78 is 0. The average Bonchev–Trinajstić information content (AvgIpc) is 3.39. The highest BCUT2D eigenvalue weighted by atomic mass is 35.5. The van der Waals surface area contributed by atoms with Crippen LogP contribution in [0.1, 0.15) is 50.5 Å². The first-order valence-electron chi connectivity index (χ1n) is 9.89. The Balaban J connectivity index is 1.37. The van der Waals surface area contributed by atoms with Crippen LogP contribution in [0.4, 0.5) is 0 Å². The number of carbonyl (C=O) groups is 2. The highest BCUT2D eigenvalue weighted by molar-refractivity contribution is 6.35. The Bertz CT molecular complexity index is 819. The standard InChI is InChI=1S/C21H24Cl2N2O2/c22-14-1-2-15(16(23)7-14)21(3-4-21)19(27)25-17-12-5-11-6-13(17)10-20(8-11,9-12)18(24)26/h1-2,7,11-13,17H,3-6,8-10H2,(H2,24,26)(H,25,27). The van der Waals surface area contributed by atoms with Gasteiger partial charge < -0.3 is 11.1 Å². The Morgan fingerprint density at radius 3 is 2.30 bits per heavy atom. The van der Waals surface area contributed by atoms with Crippen LogP contribution in [0.5, 0.6) is 0 Å². The first kappa shape index (κ1) is 17.8. The molecule has 0 spiro atoms. The van der Waals surface area contributed by atoms with E-state index in [9.17, 15) is 9.59 Å². The number of primary amides is 1. The second-order valence-electron chi connectivity index (χ2n) is 9.32. The van der Waals surface area contributed by atoms with Crippen molar-refractivity contribution < 1.29 is 9.59 Å². The molecule has 144 valence electrons. The van der Waals surface area contributed by atoms with Crippen molar-refractivity contribution in [2.24, 2.45) is 28.9 Å². The summed E-state index contributed by atoms with van der Waals surface area (Å²) in [5.74, 6) is 1.26. The predicted molar refractivity (Wildman–Crippen MR) is 104 cm³/mol. The van der Waals surface area contributed by atoms with E-state index in [4.69, 9.17) is 28.9 Å². The molecule has 0 aliphatic heterocycles. The first-order valence-corrected chi connectivity index (χ1v) is 10.6. The molecule has 4 bridgehead atoms. The number of carbonyl (C=O) groups excluding carboxylic acids is 2. The summed E-state index contributed by atoms with van der Waals surface area (Å²) in [6.45, 7) is 0. The number of rotatable bonds is 4. The fraction of sp³-hybridized carbons (Fsp3) is 0.619. The van der Waals surface area contributed by atoms with Crippen LogP contribution in [0.2, 0.25) is 10.0 Å². The maximum atomic E-state index is 13.3. The maximum Gasteiger partial charge on any atom is 0.230 e. The second kappa shape index (κ2) is 5.87. The van der Waals surface area contributed by atoms with E-state index in [1.54, 1.807) is 12.1 Å². The number of benzene rings is 1. The van der Waals surface area contributed by atoms with Crippen molar-refractivity contribution in [3.63, 3.8) is 0 Å². The van der Waals surface area contributed by atoms with Crippen LogP contribution < -0.4 is 11.1 Å². The number of hydrogen-bond donors (Lipinski definition) is 2. The quantitative estimate of drug-likeness (QED) is 0.797. The first-order chi connectivity index (χ1) is 12.8. The second-order valence-corrected chi connectivity index (χ2v) is 10.2. The summed E-state index contributed by atoms with van der Waals surface area (Å²) >= 11 is 12.4. The van der Waals surface area contributed by atoms with Gasteiger partial charge in [0.15, 0.2) is 0 Å². The lowest BCUT2D eigenvalue weighted by Gasteiger charge is -2.59. The molecule has 0 heterocycles. The Kier molecular flexibility index (Phi) is 3.87. The molecule has 0 saturated heterocycles. The molecular formula is C21H24Cl2N2O2. The highest BCUT2D eigenvalue weighted by Gasteiger charge is 2.60. The number of amides is 2. The van der Waals surface area contributed by atoms with Gasteiger partial charge in [-0.1, -0.05) is 29.3 Å². The van der Waals surface area contributed by atoms with E-state index in [1.165, 1.54) is 0 Å². The minimum absolute atomic E-state index is 0.0809. The molecule has 6 rings (SSSR count). The van der Waals surface area contributed by atoms with E-state index in [1.807, 2.05) is 6.07 Å². The lowest BCUT2D eigenvalue weighted by molar-refractivity contribution is -0.147. The minimum atomic E-state index is -0.516. The van der Waals surface area contributed by atoms with Crippen molar-refractivity contribution in [3.05, 3.63) is 33.8 Å². The third kappa shape index (κ3) is 2.63.